The molecule has 1 aliphatic heterocycles. The highest BCUT2D eigenvalue weighted by Gasteiger charge is 2.39. The third kappa shape index (κ3) is 3.86. The number of thiophene rings is 1. The lowest BCUT2D eigenvalue weighted by Crippen LogP contribution is -2.43. The van der Waals surface area contributed by atoms with Gasteiger partial charge in [0, 0.05) is 12.1 Å². The van der Waals surface area contributed by atoms with E-state index in [1.165, 1.54) is 15.6 Å². The SMILES string of the molecule is Cc1ccc(S(=O)(=O)N2CCCC2C(=O)Nc2sccc2-c2nc3ccccc3s2)cc1. The first-order valence-electron chi connectivity index (χ1n) is 10.3. The summed E-state index contributed by atoms with van der Waals surface area (Å²) in [6.07, 6.45) is 1.15. The van der Waals surface area contributed by atoms with E-state index < -0.39 is 16.1 Å². The number of nitrogens with zero attached hydrogens (tertiary/aromatic N) is 2. The molecule has 1 saturated heterocycles. The molecule has 1 amide bonds. The first kappa shape index (κ1) is 21.3. The Balaban J connectivity index is 1.39. The van der Waals surface area contributed by atoms with Crippen LogP contribution in [0.5, 0.6) is 0 Å². The van der Waals surface area contributed by atoms with Crippen LogP contribution in [0.25, 0.3) is 20.8 Å². The molecule has 1 unspecified atom stereocenters. The Kier molecular flexibility index (Phi) is 5.58. The molecule has 1 fully saturated rings. The number of sulfonamides is 1. The number of nitrogens with one attached hydrogen (secondary N) is 1. The number of carbonyl (C=O) groups is 1. The molecule has 2 aromatic heterocycles. The smallest absolute Gasteiger partial charge is 0.243 e. The number of hydrogen-bond donors (Lipinski definition) is 1. The van der Waals surface area contributed by atoms with Crippen molar-refractivity contribution < 1.29 is 13.2 Å². The number of para-hydroxylation sites is 1. The van der Waals surface area contributed by atoms with E-state index in [4.69, 9.17) is 0 Å². The average molecular weight is 484 g/mol. The summed E-state index contributed by atoms with van der Waals surface area (Å²) in [5.74, 6) is -0.303. The van der Waals surface area contributed by atoms with Gasteiger partial charge in [-0.25, -0.2) is 13.4 Å². The highest BCUT2D eigenvalue weighted by atomic mass is 32.2. The van der Waals surface area contributed by atoms with Crippen LogP contribution in [0.4, 0.5) is 5.00 Å². The Morgan fingerprint density at radius 2 is 1.91 bits per heavy atom. The van der Waals surface area contributed by atoms with E-state index in [9.17, 15) is 13.2 Å². The summed E-state index contributed by atoms with van der Waals surface area (Å²) in [6.45, 7) is 2.25. The largest absolute Gasteiger partial charge is 0.316 e. The predicted molar refractivity (Wildman–Crippen MR) is 130 cm³/mol. The molecule has 1 atom stereocenters. The minimum Gasteiger partial charge on any atom is -0.316 e. The fourth-order valence-corrected chi connectivity index (χ4v) is 7.40. The Labute approximate surface area is 194 Å². The van der Waals surface area contributed by atoms with Crippen LogP contribution >= 0.6 is 22.7 Å². The van der Waals surface area contributed by atoms with E-state index in [2.05, 4.69) is 10.3 Å². The fourth-order valence-electron chi connectivity index (χ4n) is 3.89. The zero-order valence-electron chi connectivity index (χ0n) is 17.3. The van der Waals surface area contributed by atoms with Crippen molar-refractivity contribution in [1.29, 1.82) is 0 Å². The van der Waals surface area contributed by atoms with Gasteiger partial charge in [-0.05, 0) is 55.5 Å². The molecule has 0 spiro atoms. The van der Waals surface area contributed by atoms with Crippen LogP contribution in [0, 0.1) is 6.92 Å². The first-order chi connectivity index (χ1) is 15.4. The molecule has 3 heterocycles. The lowest BCUT2D eigenvalue weighted by atomic mass is 10.2. The van der Waals surface area contributed by atoms with Gasteiger partial charge < -0.3 is 5.32 Å². The maximum Gasteiger partial charge on any atom is 0.243 e. The van der Waals surface area contributed by atoms with Crippen molar-refractivity contribution in [3.8, 4) is 10.6 Å². The van der Waals surface area contributed by atoms with Crippen molar-refractivity contribution >= 4 is 53.8 Å². The van der Waals surface area contributed by atoms with Gasteiger partial charge in [0.25, 0.3) is 0 Å². The lowest BCUT2D eigenvalue weighted by Gasteiger charge is -2.23. The molecule has 6 nitrogen and oxygen atoms in total. The summed E-state index contributed by atoms with van der Waals surface area (Å²) in [5, 5.41) is 6.41. The standard InChI is InChI=1S/C23H21N3O3S3/c1-15-8-10-16(11-9-15)32(28,29)26-13-4-6-19(26)21(27)25-22-17(12-14-30-22)23-24-18-5-2-3-7-20(18)31-23/h2-3,5,7-12,14,19H,4,6,13H2,1H3,(H,25,27). The molecular weight excluding hydrogens is 462 g/mol. The topological polar surface area (TPSA) is 79.4 Å². The van der Waals surface area contributed by atoms with Gasteiger partial charge in [-0.15, -0.1) is 22.7 Å². The molecule has 1 aliphatic rings. The second-order valence-corrected chi connectivity index (χ2v) is 11.6. The quantitative estimate of drug-likeness (QED) is 0.427. The van der Waals surface area contributed by atoms with Crippen LogP contribution in [0.15, 0.2) is 64.9 Å². The van der Waals surface area contributed by atoms with Gasteiger partial charge in [0.15, 0.2) is 0 Å². The van der Waals surface area contributed by atoms with Crippen LogP contribution in [0.3, 0.4) is 0 Å². The molecule has 164 valence electrons. The Bertz CT molecular complexity index is 1360. The summed E-state index contributed by atoms with van der Waals surface area (Å²) in [4.78, 5) is 18.1. The first-order valence-corrected chi connectivity index (χ1v) is 13.4. The maximum absolute atomic E-state index is 13.2. The number of benzene rings is 2. The monoisotopic (exact) mass is 483 g/mol. The summed E-state index contributed by atoms with van der Waals surface area (Å²) < 4.78 is 28.8. The summed E-state index contributed by atoms with van der Waals surface area (Å²) in [5.41, 5.74) is 2.76. The molecule has 0 saturated carbocycles. The third-order valence-corrected chi connectivity index (χ3v) is 9.38. The zero-order valence-corrected chi connectivity index (χ0v) is 19.8. The molecule has 4 aromatic rings. The molecule has 0 radical (unpaired) electrons. The van der Waals surface area contributed by atoms with E-state index in [1.807, 2.05) is 42.6 Å². The van der Waals surface area contributed by atoms with Gasteiger partial charge in [-0.3, -0.25) is 4.79 Å². The number of fused-ring (bicyclic) bond motifs is 1. The van der Waals surface area contributed by atoms with Gasteiger partial charge in [-0.2, -0.15) is 4.31 Å². The molecule has 1 N–H and O–H groups in total. The molecule has 32 heavy (non-hydrogen) atoms. The highest BCUT2D eigenvalue weighted by molar-refractivity contribution is 7.89. The Hall–Kier alpha value is -2.59. The van der Waals surface area contributed by atoms with Crippen molar-refractivity contribution in [2.45, 2.75) is 30.7 Å². The van der Waals surface area contributed by atoms with Crippen LogP contribution in [-0.2, 0) is 14.8 Å². The van der Waals surface area contributed by atoms with Crippen LogP contribution in [0.1, 0.15) is 18.4 Å². The maximum atomic E-state index is 13.2. The van der Waals surface area contributed by atoms with E-state index in [0.717, 1.165) is 26.4 Å². The van der Waals surface area contributed by atoms with Crippen LogP contribution in [0.2, 0.25) is 0 Å². The van der Waals surface area contributed by atoms with E-state index >= 15 is 0 Å². The minimum atomic E-state index is -3.74. The number of rotatable bonds is 5. The number of amides is 1. The average Bonchev–Trinajstić information content (AvgIpc) is 3.52. The van der Waals surface area contributed by atoms with E-state index in [1.54, 1.807) is 35.6 Å². The summed E-state index contributed by atoms with van der Waals surface area (Å²) in [7, 11) is -3.74. The second kappa shape index (κ2) is 8.40. The second-order valence-electron chi connectivity index (χ2n) is 7.73. The zero-order chi connectivity index (χ0) is 22.3. The molecule has 2 aromatic carbocycles. The van der Waals surface area contributed by atoms with E-state index in [-0.39, 0.29) is 10.8 Å². The van der Waals surface area contributed by atoms with Gasteiger partial charge >= 0.3 is 0 Å². The Morgan fingerprint density at radius 1 is 1.12 bits per heavy atom. The molecular formula is C23H21N3O3S3. The van der Waals surface area contributed by atoms with Crippen molar-refractivity contribution in [2.75, 3.05) is 11.9 Å². The molecule has 0 aliphatic carbocycles. The fraction of sp³-hybridized carbons (Fsp3) is 0.217. The lowest BCUT2D eigenvalue weighted by molar-refractivity contribution is -0.119. The van der Waals surface area contributed by atoms with Gasteiger partial charge in [0.1, 0.15) is 16.1 Å². The van der Waals surface area contributed by atoms with Crippen LogP contribution < -0.4 is 5.32 Å². The van der Waals surface area contributed by atoms with Gasteiger partial charge in [-0.1, -0.05) is 29.8 Å². The van der Waals surface area contributed by atoms with Crippen molar-refractivity contribution in [3.05, 3.63) is 65.5 Å². The molecule has 5 rings (SSSR count). The summed E-state index contributed by atoms with van der Waals surface area (Å²) in [6, 6.07) is 15.9. The van der Waals surface area contributed by atoms with Gasteiger partial charge in [0.05, 0.1) is 15.1 Å². The van der Waals surface area contributed by atoms with Gasteiger partial charge in [0.2, 0.25) is 15.9 Å². The van der Waals surface area contributed by atoms with Crippen LogP contribution in [-0.4, -0.2) is 36.2 Å². The third-order valence-electron chi connectivity index (χ3n) is 5.56. The minimum absolute atomic E-state index is 0.217. The predicted octanol–water partition coefficient (Wildman–Crippen LogP) is 5.13. The summed E-state index contributed by atoms with van der Waals surface area (Å²) >= 11 is 2.98. The molecule has 0 bridgehead atoms. The highest BCUT2D eigenvalue weighted by Crippen LogP contribution is 2.38. The molecule has 9 heteroatoms. The number of carbonyl (C=O) groups excluding carboxylic acids is 1. The van der Waals surface area contributed by atoms with Crippen molar-refractivity contribution in [2.24, 2.45) is 0 Å². The number of aryl methyl sites for hydroxylation is 1. The normalized spacial score (nSPS) is 17.1. The number of aromatic nitrogens is 1. The number of hydrogen-bond acceptors (Lipinski definition) is 6. The Morgan fingerprint density at radius 3 is 2.69 bits per heavy atom. The number of thiazole rings is 1. The number of anilines is 1. The van der Waals surface area contributed by atoms with Crippen molar-refractivity contribution in [1.82, 2.24) is 9.29 Å². The van der Waals surface area contributed by atoms with E-state index in [0.29, 0.717) is 24.4 Å². The van der Waals surface area contributed by atoms with Crippen molar-refractivity contribution in [3.63, 3.8) is 0 Å².